The number of hydrogen-bond acceptors (Lipinski definition) is 2. The van der Waals surface area contributed by atoms with Gasteiger partial charge >= 0.3 is 0 Å². The van der Waals surface area contributed by atoms with E-state index in [0.717, 1.165) is 30.6 Å². The summed E-state index contributed by atoms with van der Waals surface area (Å²) in [5.41, 5.74) is 0. The maximum Gasteiger partial charge on any atom is 0.0431 e. The number of nitrogens with one attached hydrogen (secondary N) is 1. The largest absolute Gasteiger partial charge is 0.396 e. The molecule has 0 aliphatic heterocycles. The Balaban J connectivity index is 1.61. The van der Waals surface area contributed by atoms with Crippen molar-refractivity contribution in [2.45, 2.75) is 51.5 Å². The van der Waals surface area contributed by atoms with Crippen molar-refractivity contribution in [1.29, 1.82) is 0 Å². The van der Waals surface area contributed by atoms with Gasteiger partial charge in [-0.25, -0.2) is 0 Å². The number of rotatable bonds is 8. The van der Waals surface area contributed by atoms with Gasteiger partial charge in [0.05, 0.1) is 0 Å². The molecule has 1 atom stereocenters. The smallest absolute Gasteiger partial charge is 0.0431 e. The van der Waals surface area contributed by atoms with Gasteiger partial charge in [0.25, 0.3) is 0 Å². The van der Waals surface area contributed by atoms with Crippen LogP contribution in [0.2, 0.25) is 0 Å². The molecule has 0 bridgehead atoms. The molecule has 0 amide bonds. The van der Waals surface area contributed by atoms with E-state index >= 15 is 0 Å². The van der Waals surface area contributed by atoms with E-state index in [9.17, 15) is 0 Å². The van der Waals surface area contributed by atoms with E-state index in [1.165, 1.54) is 32.2 Å². The molecule has 2 rings (SSSR count). The Kier molecular flexibility index (Phi) is 4.04. The molecule has 2 aliphatic carbocycles. The maximum atomic E-state index is 8.76. The molecule has 2 aliphatic rings. The van der Waals surface area contributed by atoms with Crippen LogP contribution in [0.5, 0.6) is 0 Å². The molecular formula is C13H25NO. The first-order valence-electron chi connectivity index (χ1n) is 6.65. The Hall–Kier alpha value is -0.0800. The van der Waals surface area contributed by atoms with Crippen molar-refractivity contribution in [3.63, 3.8) is 0 Å². The van der Waals surface area contributed by atoms with Crippen LogP contribution < -0.4 is 5.32 Å². The van der Waals surface area contributed by atoms with Crippen molar-refractivity contribution >= 4 is 0 Å². The first-order chi connectivity index (χ1) is 7.31. The summed E-state index contributed by atoms with van der Waals surface area (Å²) >= 11 is 0. The highest BCUT2D eigenvalue weighted by Crippen LogP contribution is 2.48. The molecule has 2 heteroatoms. The molecule has 2 fully saturated rings. The molecule has 2 saturated carbocycles. The molecular weight excluding hydrogens is 186 g/mol. The zero-order valence-electron chi connectivity index (χ0n) is 9.91. The molecule has 0 spiro atoms. The van der Waals surface area contributed by atoms with Crippen LogP contribution in [0.4, 0.5) is 0 Å². The quantitative estimate of drug-likeness (QED) is 0.645. The minimum atomic E-state index is 0.334. The van der Waals surface area contributed by atoms with E-state index in [-0.39, 0.29) is 0 Å². The molecule has 0 aromatic heterocycles. The number of hydrogen-bond donors (Lipinski definition) is 2. The average molecular weight is 211 g/mol. The van der Waals surface area contributed by atoms with Crippen LogP contribution in [-0.2, 0) is 0 Å². The third-order valence-electron chi connectivity index (χ3n) is 3.95. The van der Waals surface area contributed by atoms with Crippen LogP contribution in [0.15, 0.2) is 0 Å². The first kappa shape index (κ1) is 11.4. The summed E-state index contributed by atoms with van der Waals surface area (Å²) in [5, 5.41) is 12.4. The number of aliphatic hydroxyl groups excluding tert-OH is 1. The fourth-order valence-electron chi connectivity index (χ4n) is 2.60. The number of aliphatic hydroxyl groups is 1. The van der Waals surface area contributed by atoms with Gasteiger partial charge in [0, 0.05) is 12.6 Å². The van der Waals surface area contributed by atoms with Gasteiger partial charge in [0.1, 0.15) is 0 Å². The lowest BCUT2D eigenvalue weighted by atomic mass is 9.97. The highest BCUT2D eigenvalue weighted by Gasteiger charge is 2.40. The second-order valence-corrected chi connectivity index (χ2v) is 5.51. The van der Waals surface area contributed by atoms with Gasteiger partial charge in [0.2, 0.25) is 0 Å². The Morgan fingerprint density at radius 1 is 1.20 bits per heavy atom. The lowest BCUT2D eigenvalue weighted by Gasteiger charge is -2.20. The Bertz CT molecular complexity index is 175. The van der Waals surface area contributed by atoms with E-state index in [4.69, 9.17) is 5.11 Å². The lowest BCUT2D eigenvalue weighted by Crippen LogP contribution is -2.33. The van der Waals surface area contributed by atoms with Crippen molar-refractivity contribution in [3.8, 4) is 0 Å². The summed E-state index contributed by atoms with van der Waals surface area (Å²) in [4.78, 5) is 0. The second-order valence-electron chi connectivity index (χ2n) is 5.51. The van der Waals surface area contributed by atoms with Crippen molar-refractivity contribution in [3.05, 3.63) is 0 Å². The van der Waals surface area contributed by atoms with Gasteiger partial charge in [-0.3, -0.25) is 0 Å². The molecule has 0 heterocycles. The van der Waals surface area contributed by atoms with Crippen molar-refractivity contribution in [2.75, 3.05) is 13.2 Å². The normalized spacial score (nSPS) is 23.4. The monoisotopic (exact) mass is 211 g/mol. The fraction of sp³-hybridized carbons (Fsp3) is 1.00. The zero-order valence-corrected chi connectivity index (χ0v) is 9.91. The summed E-state index contributed by atoms with van der Waals surface area (Å²) in [6, 6.07) is 0.581. The predicted molar refractivity (Wildman–Crippen MR) is 62.7 cm³/mol. The standard InChI is InChI=1S/C13H25NO/c1-10(3-2-8-15)14-9-13(11-4-5-11)12-6-7-12/h10-15H,2-9H2,1H3. The van der Waals surface area contributed by atoms with E-state index in [1.807, 2.05) is 0 Å². The molecule has 0 radical (unpaired) electrons. The third kappa shape index (κ3) is 3.76. The summed E-state index contributed by atoms with van der Waals surface area (Å²) in [6.07, 6.45) is 7.97. The van der Waals surface area contributed by atoms with Gasteiger partial charge < -0.3 is 10.4 Å². The Morgan fingerprint density at radius 3 is 2.27 bits per heavy atom. The van der Waals surface area contributed by atoms with Crippen LogP contribution in [0, 0.1) is 17.8 Å². The Morgan fingerprint density at radius 2 is 1.80 bits per heavy atom. The van der Waals surface area contributed by atoms with Gasteiger partial charge in [-0.2, -0.15) is 0 Å². The van der Waals surface area contributed by atoms with Crippen LogP contribution in [0.25, 0.3) is 0 Å². The summed E-state index contributed by atoms with van der Waals surface area (Å²) < 4.78 is 0. The first-order valence-corrected chi connectivity index (χ1v) is 6.65. The van der Waals surface area contributed by atoms with Crippen LogP contribution in [-0.4, -0.2) is 24.3 Å². The van der Waals surface area contributed by atoms with Crippen molar-refractivity contribution in [1.82, 2.24) is 5.32 Å². The van der Waals surface area contributed by atoms with Gasteiger partial charge in [0.15, 0.2) is 0 Å². The molecule has 0 aromatic carbocycles. The SMILES string of the molecule is CC(CCCO)NCC(C1CC1)C1CC1. The minimum absolute atomic E-state index is 0.334. The third-order valence-corrected chi connectivity index (χ3v) is 3.95. The molecule has 2 N–H and O–H groups in total. The zero-order chi connectivity index (χ0) is 10.7. The van der Waals surface area contributed by atoms with Gasteiger partial charge in [-0.1, -0.05) is 0 Å². The van der Waals surface area contributed by atoms with E-state index in [2.05, 4.69) is 12.2 Å². The van der Waals surface area contributed by atoms with Gasteiger partial charge in [-0.15, -0.1) is 0 Å². The van der Waals surface area contributed by atoms with E-state index < -0.39 is 0 Å². The second kappa shape index (κ2) is 5.31. The average Bonchev–Trinajstić information content (AvgIpc) is 3.05. The Labute approximate surface area is 93.5 Å². The van der Waals surface area contributed by atoms with Crippen molar-refractivity contribution in [2.24, 2.45) is 17.8 Å². The van der Waals surface area contributed by atoms with Crippen LogP contribution in [0.1, 0.15) is 45.4 Å². The van der Waals surface area contributed by atoms with Gasteiger partial charge in [-0.05, 0) is 69.7 Å². The van der Waals surface area contributed by atoms with Crippen LogP contribution >= 0.6 is 0 Å². The molecule has 15 heavy (non-hydrogen) atoms. The fourth-order valence-corrected chi connectivity index (χ4v) is 2.60. The summed E-state index contributed by atoms with van der Waals surface area (Å²) in [7, 11) is 0. The summed E-state index contributed by atoms with van der Waals surface area (Å²) in [5.74, 6) is 3.08. The van der Waals surface area contributed by atoms with E-state index in [1.54, 1.807) is 0 Å². The molecule has 2 nitrogen and oxygen atoms in total. The van der Waals surface area contributed by atoms with E-state index in [0.29, 0.717) is 12.6 Å². The van der Waals surface area contributed by atoms with Crippen molar-refractivity contribution < 1.29 is 5.11 Å². The maximum absolute atomic E-state index is 8.76. The lowest BCUT2D eigenvalue weighted by molar-refractivity contribution is 0.272. The molecule has 1 unspecified atom stereocenters. The molecule has 0 saturated heterocycles. The summed E-state index contributed by atoms with van der Waals surface area (Å²) in [6.45, 7) is 3.80. The topological polar surface area (TPSA) is 32.3 Å². The predicted octanol–water partition coefficient (Wildman–Crippen LogP) is 2.17. The molecule has 88 valence electrons. The molecule has 0 aromatic rings. The highest BCUT2D eigenvalue weighted by molar-refractivity contribution is 4.92. The minimum Gasteiger partial charge on any atom is -0.396 e. The van der Waals surface area contributed by atoms with Crippen LogP contribution in [0.3, 0.4) is 0 Å². The highest BCUT2D eigenvalue weighted by atomic mass is 16.2.